The summed E-state index contributed by atoms with van der Waals surface area (Å²) in [5, 5.41) is 9.58. The van der Waals surface area contributed by atoms with E-state index in [9.17, 15) is 17.2 Å². The number of aromatic nitrogens is 3. The highest BCUT2D eigenvalue weighted by molar-refractivity contribution is 7.92. The van der Waals surface area contributed by atoms with Crippen LogP contribution >= 0.6 is 0 Å². The molecule has 2 N–H and O–H groups in total. The van der Waals surface area contributed by atoms with Crippen molar-refractivity contribution >= 4 is 37.5 Å². The highest BCUT2D eigenvalue weighted by Gasteiger charge is 2.29. The number of ether oxygens (including phenoxy) is 1. The van der Waals surface area contributed by atoms with E-state index in [1.807, 2.05) is 0 Å². The standard InChI is InChI=1S/C23H21F3N4O3S/c1-33-18-10-14-13(11-27-23-20(14)22(28-29-23)12-3-4-12)9-15(18)19-16(25)5-6-17(21(19)26)30-34(31,32)8-2-7-24/h5-6,9-12,30H,2-4,7-8H2,1H3,(H,27,28,29). The first-order chi connectivity index (χ1) is 16.3. The third-order valence-electron chi connectivity index (χ3n) is 5.90. The number of halogens is 3. The molecule has 34 heavy (non-hydrogen) atoms. The summed E-state index contributed by atoms with van der Waals surface area (Å²) in [6.45, 7) is -0.827. The molecule has 0 atom stereocenters. The van der Waals surface area contributed by atoms with Crippen LogP contribution in [0.15, 0.2) is 30.5 Å². The molecule has 2 aromatic carbocycles. The van der Waals surface area contributed by atoms with E-state index in [0.29, 0.717) is 17.0 Å². The molecule has 0 saturated heterocycles. The van der Waals surface area contributed by atoms with Crippen LogP contribution in [0, 0.1) is 11.6 Å². The highest BCUT2D eigenvalue weighted by atomic mass is 32.2. The molecule has 7 nitrogen and oxygen atoms in total. The van der Waals surface area contributed by atoms with Gasteiger partial charge in [0.25, 0.3) is 0 Å². The summed E-state index contributed by atoms with van der Waals surface area (Å²) < 4.78 is 74.6. The smallest absolute Gasteiger partial charge is 0.232 e. The monoisotopic (exact) mass is 490 g/mol. The van der Waals surface area contributed by atoms with Crippen molar-refractivity contribution in [2.45, 2.75) is 25.2 Å². The summed E-state index contributed by atoms with van der Waals surface area (Å²) in [4.78, 5) is 4.38. The number of anilines is 1. The van der Waals surface area contributed by atoms with Gasteiger partial charge in [0.2, 0.25) is 10.0 Å². The molecular weight excluding hydrogens is 469 g/mol. The first kappa shape index (κ1) is 22.5. The maximum Gasteiger partial charge on any atom is 0.232 e. The molecule has 178 valence electrons. The van der Waals surface area contributed by atoms with Crippen molar-refractivity contribution in [3.05, 3.63) is 47.8 Å². The minimum atomic E-state index is -4.01. The van der Waals surface area contributed by atoms with Gasteiger partial charge in [-0.15, -0.1) is 0 Å². The van der Waals surface area contributed by atoms with Crippen LogP contribution in [-0.2, 0) is 10.0 Å². The summed E-state index contributed by atoms with van der Waals surface area (Å²) >= 11 is 0. The van der Waals surface area contributed by atoms with Crippen LogP contribution in [0.2, 0.25) is 0 Å². The van der Waals surface area contributed by atoms with E-state index in [-0.39, 0.29) is 17.7 Å². The second-order valence-corrected chi connectivity index (χ2v) is 10.1. The van der Waals surface area contributed by atoms with Gasteiger partial charge in [0, 0.05) is 28.8 Å². The van der Waals surface area contributed by atoms with Crippen LogP contribution in [0.5, 0.6) is 5.75 Å². The van der Waals surface area contributed by atoms with E-state index in [2.05, 4.69) is 19.9 Å². The summed E-state index contributed by atoms with van der Waals surface area (Å²) in [5.74, 6) is -1.93. The Labute approximate surface area is 193 Å². The normalized spacial score (nSPS) is 14.1. The molecule has 0 aliphatic heterocycles. The van der Waals surface area contributed by atoms with Crippen molar-refractivity contribution < 1.29 is 26.3 Å². The van der Waals surface area contributed by atoms with Gasteiger partial charge in [-0.2, -0.15) is 5.10 Å². The second kappa shape index (κ2) is 8.46. The SMILES string of the molecule is COc1cc2c(cnc3n[nH]c(C4CC4)c32)cc1-c1c(F)ccc(NS(=O)(=O)CCCF)c1F. The van der Waals surface area contributed by atoms with Crippen LogP contribution in [-0.4, -0.2) is 43.1 Å². The number of alkyl halides is 1. The number of nitrogens with zero attached hydrogens (tertiary/aromatic N) is 2. The lowest BCUT2D eigenvalue weighted by atomic mass is 9.97. The number of nitrogens with one attached hydrogen (secondary N) is 2. The van der Waals surface area contributed by atoms with Gasteiger partial charge in [-0.25, -0.2) is 22.2 Å². The molecule has 0 spiro atoms. The van der Waals surface area contributed by atoms with Gasteiger partial charge in [0.15, 0.2) is 11.5 Å². The minimum absolute atomic E-state index is 0.104. The van der Waals surface area contributed by atoms with Crippen LogP contribution in [0.25, 0.3) is 32.9 Å². The minimum Gasteiger partial charge on any atom is -0.496 e. The molecule has 1 fully saturated rings. The number of H-pyrrole nitrogens is 1. The predicted molar refractivity (Wildman–Crippen MR) is 123 cm³/mol. The van der Waals surface area contributed by atoms with Crippen LogP contribution in [0.3, 0.4) is 0 Å². The average molecular weight is 491 g/mol. The average Bonchev–Trinajstić information content (AvgIpc) is 3.57. The van der Waals surface area contributed by atoms with E-state index >= 15 is 4.39 Å². The lowest BCUT2D eigenvalue weighted by molar-refractivity contribution is 0.416. The van der Waals surface area contributed by atoms with Crippen LogP contribution in [0.4, 0.5) is 18.9 Å². The Bertz CT molecular complexity index is 1520. The number of hydrogen-bond donors (Lipinski definition) is 2. The molecular formula is C23H21F3N4O3S. The molecule has 5 rings (SSSR count). The zero-order valence-electron chi connectivity index (χ0n) is 18.2. The Morgan fingerprint density at radius 1 is 1.24 bits per heavy atom. The number of benzene rings is 2. The van der Waals surface area contributed by atoms with Gasteiger partial charge >= 0.3 is 0 Å². The Hall–Kier alpha value is -3.34. The summed E-state index contributed by atoms with van der Waals surface area (Å²) in [6, 6.07) is 5.21. The molecule has 0 bridgehead atoms. The van der Waals surface area contributed by atoms with Crippen molar-refractivity contribution in [3.63, 3.8) is 0 Å². The number of methoxy groups -OCH3 is 1. The third kappa shape index (κ3) is 3.93. The largest absolute Gasteiger partial charge is 0.496 e. The van der Waals surface area contributed by atoms with E-state index in [0.717, 1.165) is 41.4 Å². The quantitative estimate of drug-likeness (QED) is 0.361. The van der Waals surface area contributed by atoms with E-state index in [1.54, 1.807) is 18.3 Å². The zero-order valence-corrected chi connectivity index (χ0v) is 19.0. The molecule has 1 aliphatic carbocycles. The summed E-state index contributed by atoms with van der Waals surface area (Å²) in [7, 11) is -2.62. The lowest BCUT2D eigenvalue weighted by Crippen LogP contribution is -2.18. The van der Waals surface area contributed by atoms with Gasteiger partial charge in [0.05, 0.1) is 36.2 Å². The predicted octanol–water partition coefficient (Wildman–Crippen LogP) is 5.04. The fourth-order valence-electron chi connectivity index (χ4n) is 4.13. The molecule has 1 saturated carbocycles. The number of aromatic amines is 1. The van der Waals surface area contributed by atoms with Gasteiger partial charge in [-0.1, -0.05) is 0 Å². The highest BCUT2D eigenvalue weighted by Crippen LogP contribution is 2.45. The summed E-state index contributed by atoms with van der Waals surface area (Å²) in [5.41, 5.74) is 0.750. The van der Waals surface area contributed by atoms with Crippen molar-refractivity contribution in [3.8, 4) is 16.9 Å². The number of sulfonamides is 1. The van der Waals surface area contributed by atoms with Gasteiger partial charge in [0.1, 0.15) is 11.6 Å². The van der Waals surface area contributed by atoms with Crippen molar-refractivity contribution in [2.75, 3.05) is 24.3 Å². The first-order valence-corrected chi connectivity index (χ1v) is 12.4. The van der Waals surface area contributed by atoms with Gasteiger partial charge in [-0.3, -0.25) is 14.2 Å². The topological polar surface area (TPSA) is 97.0 Å². The van der Waals surface area contributed by atoms with Crippen LogP contribution in [0.1, 0.15) is 30.9 Å². The molecule has 4 aromatic rings. The Kier molecular flexibility index (Phi) is 5.59. The third-order valence-corrected chi connectivity index (χ3v) is 7.26. The Morgan fingerprint density at radius 3 is 2.74 bits per heavy atom. The van der Waals surface area contributed by atoms with E-state index < -0.39 is 45.3 Å². The van der Waals surface area contributed by atoms with E-state index in [4.69, 9.17) is 4.74 Å². The fourth-order valence-corrected chi connectivity index (χ4v) is 5.21. The molecule has 2 aromatic heterocycles. The number of rotatable bonds is 8. The molecule has 0 amide bonds. The van der Waals surface area contributed by atoms with Crippen molar-refractivity contribution in [1.82, 2.24) is 15.2 Å². The Morgan fingerprint density at radius 2 is 2.03 bits per heavy atom. The Balaban J connectivity index is 1.67. The molecule has 1 aliphatic rings. The lowest BCUT2D eigenvalue weighted by Gasteiger charge is -2.15. The molecule has 0 unspecified atom stereocenters. The van der Waals surface area contributed by atoms with Crippen molar-refractivity contribution in [1.29, 1.82) is 0 Å². The fraction of sp³-hybridized carbons (Fsp3) is 0.304. The zero-order chi connectivity index (χ0) is 24.0. The number of hydrogen-bond acceptors (Lipinski definition) is 5. The van der Waals surface area contributed by atoms with Crippen LogP contribution < -0.4 is 9.46 Å². The maximum atomic E-state index is 15.4. The first-order valence-electron chi connectivity index (χ1n) is 10.7. The molecule has 0 radical (unpaired) electrons. The number of pyridine rings is 1. The molecule has 11 heteroatoms. The van der Waals surface area contributed by atoms with Gasteiger partial charge in [-0.05, 0) is 48.9 Å². The molecule has 2 heterocycles. The maximum absolute atomic E-state index is 15.4. The van der Waals surface area contributed by atoms with Gasteiger partial charge < -0.3 is 4.74 Å². The van der Waals surface area contributed by atoms with Crippen molar-refractivity contribution in [2.24, 2.45) is 0 Å². The number of fused-ring (bicyclic) bond motifs is 3. The van der Waals surface area contributed by atoms with E-state index in [1.165, 1.54) is 7.11 Å². The second-order valence-electron chi connectivity index (χ2n) is 8.26. The summed E-state index contributed by atoms with van der Waals surface area (Å²) in [6.07, 6.45) is 3.43.